The van der Waals surface area contributed by atoms with Crippen LogP contribution in [0.4, 0.5) is 13.9 Å². The van der Waals surface area contributed by atoms with Gasteiger partial charge in [0.15, 0.2) is 23.3 Å². The van der Waals surface area contributed by atoms with Gasteiger partial charge in [-0.2, -0.15) is 0 Å². The van der Waals surface area contributed by atoms with Crippen LogP contribution < -0.4 is 9.64 Å². The molecule has 0 spiro atoms. The molecular formula is C20H18F2N2O3S. The van der Waals surface area contributed by atoms with Gasteiger partial charge in [-0.15, -0.1) is 0 Å². The zero-order valence-corrected chi connectivity index (χ0v) is 15.8. The molecule has 0 aliphatic carbocycles. The number of ether oxygens (including phenoxy) is 2. The van der Waals surface area contributed by atoms with Crippen LogP contribution in [0, 0.1) is 11.6 Å². The molecule has 2 heterocycles. The summed E-state index contributed by atoms with van der Waals surface area (Å²) in [6.45, 7) is 0.642. The summed E-state index contributed by atoms with van der Waals surface area (Å²) in [7, 11) is 0. The van der Waals surface area contributed by atoms with Crippen molar-refractivity contribution in [3.05, 3.63) is 54.1 Å². The highest BCUT2D eigenvalue weighted by molar-refractivity contribution is 7.22. The molecule has 1 aromatic heterocycles. The standard InChI is InChI=1S/C20H18F2N2O3S/c21-13-7-8-16-18(10-13)28-20(23-16)24(11-14-4-3-9-26-14)19(25)12-27-17-6-2-1-5-15(17)22/h1-2,5-8,10,14H,3-4,9,11-12H2. The Kier molecular flexibility index (Phi) is 5.50. The summed E-state index contributed by atoms with van der Waals surface area (Å²) in [5.41, 5.74) is 0.613. The van der Waals surface area contributed by atoms with Crippen molar-refractivity contribution in [1.82, 2.24) is 4.98 Å². The largest absolute Gasteiger partial charge is 0.481 e. The van der Waals surface area contributed by atoms with E-state index in [0.717, 1.165) is 12.8 Å². The maximum atomic E-state index is 13.8. The number of para-hydroxylation sites is 1. The molecule has 1 aliphatic heterocycles. The van der Waals surface area contributed by atoms with Gasteiger partial charge in [0, 0.05) is 6.61 Å². The molecule has 1 saturated heterocycles. The molecule has 1 fully saturated rings. The van der Waals surface area contributed by atoms with E-state index in [1.807, 2.05) is 0 Å². The quantitative estimate of drug-likeness (QED) is 0.619. The Hall–Kier alpha value is -2.58. The van der Waals surface area contributed by atoms with Gasteiger partial charge in [-0.3, -0.25) is 9.69 Å². The van der Waals surface area contributed by atoms with Crippen molar-refractivity contribution < 1.29 is 23.0 Å². The Balaban J connectivity index is 1.56. The van der Waals surface area contributed by atoms with Crippen LogP contribution in [0.5, 0.6) is 5.75 Å². The van der Waals surface area contributed by atoms with Gasteiger partial charge < -0.3 is 9.47 Å². The number of carbonyl (C=O) groups is 1. The highest BCUT2D eigenvalue weighted by Gasteiger charge is 2.26. The summed E-state index contributed by atoms with van der Waals surface area (Å²) < 4.78 is 38.9. The van der Waals surface area contributed by atoms with Crippen molar-refractivity contribution in [1.29, 1.82) is 0 Å². The molecule has 4 rings (SSSR count). The predicted octanol–water partition coefficient (Wildman–Crippen LogP) is 4.17. The number of fused-ring (bicyclic) bond motifs is 1. The van der Waals surface area contributed by atoms with E-state index in [-0.39, 0.29) is 30.2 Å². The summed E-state index contributed by atoms with van der Waals surface area (Å²) in [4.78, 5) is 18.8. The molecule has 8 heteroatoms. The van der Waals surface area contributed by atoms with Crippen molar-refractivity contribution in [2.75, 3.05) is 24.7 Å². The van der Waals surface area contributed by atoms with E-state index < -0.39 is 5.82 Å². The van der Waals surface area contributed by atoms with Crippen LogP contribution >= 0.6 is 11.3 Å². The zero-order chi connectivity index (χ0) is 19.5. The van der Waals surface area contributed by atoms with E-state index in [4.69, 9.17) is 9.47 Å². The van der Waals surface area contributed by atoms with Gasteiger partial charge in [-0.05, 0) is 43.2 Å². The van der Waals surface area contributed by atoms with Gasteiger partial charge in [0.1, 0.15) is 5.82 Å². The number of halogens is 2. The number of hydrogen-bond acceptors (Lipinski definition) is 5. The molecular weight excluding hydrogens is 386 g/mol. The Labute approximate surface area is 164 Å². The number of carbonyl (C=O) groups excluding carboxylic acids is 1. The average Bonchev–Trinajstić information content (AvgIpc) is 3.34. The molecule has 1 amide bonds. The molecule has 1 unspecified atom stereocenters. The first-order valence-electron chi connectivity index (χ1n) is 8.95. The van der Waals surface area contributed by atoms with E-state index in [9.17, 15) is 13.6 Å². The Bertz CT molecular complexity index is 988. The first-order valence-corrected chi connectivity index (χ1v) is 9.77. The minimum atomic E-state index is -0.531. The molecule has 28 heavy (non-hydrogen) atoms. The first kappa shape index (κ1) is 18.8. The summed E-state index contributed by atoms with van der Waals surface area (Å²) in [6.07, 6.45) is 1.68. The third-order valence-corrected chi connectivity index (χ3v) is 5.51. The summed E-state index contributed by atoms with van der Waals surface area (Å²) in [5, 5.41) is 0.443. The SMILES string of the molecule is O=C(COc1ccccc1F)N(CC1CCCO1)c1nc2ccc(F)cc2s1. The lowest BCUT2D eigenvalue weighted by molar-refractivity contribution is -0.121. The smallest absolute Gasteiger partial charge is 0.266 e. The fourth-order valence-corrected chi connectivity index (χ4v) is 4.08. The molecule has 0 bridgehead atoms. The van der Waals surface area contributed by atoms with E-state index in [1.54, 1.807) is 18.2 Å². The topological polar surface area (TPSA) is 51.7 Å². The second kappa shape index (κ2) is 8.20. The Morgan fingerprint density at radius 3 is 2.93 bits per heavy atom. The van der Waals surface area contributed by atoms with Crippen LogP contribution in [0.1, 0.15) is 12.8 Å². The molecule has 1 aliphatic rings. The average molecular weight is 404 g/mol. The Morgan fingerprint density at radius 1 is 1.29 bits per heavy atom. The maximum Gasteiger partial charge on any atom is 0.266 e. The lowest BCUT2D eigenvalue weighted by Gasteiger charge is -2.23. The van der Waals surface area contributed by atoms with E-state index >= 15 is 0 Å². The summed E-state index contributed by atoms with van der Waals surface area (Å²) >= 11 is 1.22. The molecule has 2 aromatic carbocycles. The van der Waals surface area contributed by atoms with Gasteiger partial charge in [0.05, 0.1) is 22.9 Å². The van der Waals surface area contributed by atoms with Crippen LogP contribution in [0.3, 0.4) is 0 Å². The van der Waals surface area contributed by atoms with Gasteiger partial charge in [0.25, 0.3) is 5.91 Å². The fourth-order valence-electron chi connectivity index (χ4n) is 3.06. The molecule has 3 aromatic rings. The summed E-state index contributed by atoms with van der Waals surface area (Å²) in [5.74, 6) is -1.24. The van der Waals surface area contributed by atoms with Gasteiger partial charge in [-0.25, -0.2) is 13.8 Å². The Morgan fingerprint density at radius 2 is 2.14 bits per heavy atom. The van der Waals surface area contributed by atoms with Crippen LogP contribution in [-0.2, 0) is 9.53 Å². The monoisotopic (exact) mass is 404 g/mol. The molecule has 0 N–H and O–H groups in total. The lowest BCUT2D eigenvalue weighted by atomic mass is 10.2. The second-order valence-corrected chi connectivity index (χ2v) is 7.48. The van der Waals surface area contributed by atoms with Crippen LogP contribution in [0.2, 0.25) is 0 Å². The highest BCUT2D eigenvalue weighted by Crippen LogP contribution is 2.30. The lowest BCUT2D eigenvalue weighted by Crippen LogP contribution is -2.40. The molecule has 0 radical (unpaired) electrons. The minimum absolute atomic E-state index is 0.0132. The molecule has 1 atom stereocenters. The third kappa shape index (κ3) is 4.13. The summed E-state index contributed by atoms with van der Waals surface area (Å²) in [6, 6.07) is 10.2. The zero-order valence-electron chi connectivity index (χ0n) is 14.9. The second-order valence-electron chi connectivity index (χ2n) is 6.47. The van der Waals surface area contributed by atoms with Crippen molar-refractivity contribution in [3.8, 4) is 5.75 Å². The van der Waals surface area contributed by atoms with Crippen molar-refractivity contribution in [2.45, 2.75) is 18.9 Å². The molecule has 5 nitrogen and oxygen atoms in total. The number of nitrogens with zero attached hydrogens (tertiary/aromatic N) is 2. The third-order valence-electron chi connectivity index (χ3n) is 4.47. The predicted molar refractivity (Wildman–Crippen MR) is 103 cm³/mol. The van der Waals surface area contributed by atoms with Crippen molar-refractivity contribution in [3.63, 3.8) is 0 Å². The number of benzene rings is 2. The van der Waals surface area contributed by atoms with Gasteiger partial charge >= 0.3 is 0 Å². The molecule has 0 saturated carbocycles. The van der Waals surface area contributed by atoms with Gasteiger partial charge in [-0.1, -0.05) is 23.5 Å². The van der Waals surface area contributed by atoms with Crippen LogP contribution in [-0.4, -0.2) is 36.8 Å². The van der Waals surface area contributed by atoms with Gasteiger partial charge in [0.2, 0.25) is 0 Å². The number of thiazole rings is 1. The van der Waals surface area contributed by atoms with Crippen molar-refractivity contribution >= 4 is 32.6 Å². The van der Waals surface area contributed by atoms with Crippen LogP contribution in [0.15, 0.2) is 42.5 Å². The van der Waals surface area contributed by atoms with E-state index in [1.165, 1.54) is 40.5 Å². The number of hydrogen-bond donors (Lipinski definition) is 0. The number of aromatic nitrogens is 1. The van der Waals surface area contributed by atoms with E-state index in [2.05, 4.69) is 4.98 Å². The normalized spacial score (nSPS) is 16.4. The number of anilines is 1. The highest BCUT2D eigenvalue weighted by atomic mass is 32.1. The van der Waals surface area contributed by atoms with Crippen LogP contribution in [0.25, 0.3) is 10.2 Å². The fraction of sp³-hybridized carbons (Fsp3) is 0.300. The van der Waals surface area contributed by atoms with Crippen molar-refractivity contribution in [2.24, 2.45) is 0 Å². The maximum absolute atomic E-state index is 13.8. The minimum Gasteiger partial charge on any atom is -0.481 e. The number of amides is 1. The number of rotatable bonds is 6. The molecule has 146 valence electrons. The first-order chi connectivity index (χ1) is 13.6. The van der Waals surface area contributed by atoms with E-state index in [0.29, 0.717) is 28.5 Å².